The minimum Gasteiger partial charge on any atom is -0.481 e. The summed E-state index contributed by atoms with van der Waals surface area (Å²) in [7, 11) is 0. The van der Waals surface area contributed by atoms with Gasteiger partial charge in [0.1, 0.15) is 6.61 Å². The van der Waals surface area contributed by atoms with Crippen molar-refractivity contribution >= 4 is 11.9 Å². The molecule has 0 fully saturated rings. The standard InChI is InChI=1S/C21H32O4/c1-4-5-6-10-13-18(16(2)3)19(14-20(22)23)21(24)25-15-17-11-8-7-9-12-17/h7-9,11-12,16,18-19H,4-6,10,13-15H2,1-3H3,(H,22,23). The Bertz CT molecular complexity index is 510. The molecule has 1 aromatic carbocycles. The first-order chi connectivity index (χ1) is 12.0. The minimum absolute atomic E-state index is 0.0382. The van der Waals surface area contributed by atoms with Crippen LogP contribution >= 0.6 is 0 Å². The SMILES string of the molecule is CCCCCCC(C(C)C)C(CC(=O)O)C(=O)OCc1ccccc1. The summed E-state index contributed by atoms with van der Waals surface area (Å²) >= 11 is 0. The molecule has 0 radical (unpaired) electrons. The van der Waals surface area contributed by atoms with Gasteiger partial charge in [0.2, 0.25) is 0 Å². The molecule has 4 heteroatoms. The number of carbonyl (C=O) groups is 2. The van der Waals surface area contributed by atoms with Crippen molar-refractivity contribution in [2.24, 2.45) is 17.8 Å². The van der Waals surface area contributed by atoms with Crippen LogP contribution in [0, 0.1) is 17.8 Å². The summed E-state index contributed by atoms with van der Waals surface area (Å²) in [4.78, 5) is 23.9. The molecule has 0 spiro atoms. The molecule has 1 aromatic rings. The lowest BCUT2D eigenvalue weighted by Crippen LogP contribution is -2.31. The van der Waals surface area contributed by atoms with E-state index in [-0.39, 0.29) is 30.8 Å². The number of carboxylic acid groups (broad SMARTS) is 1. The Morgan fingerprint density at radius 3 is 2.32 bits per heavy atom. The lowest BCUT2D eigenvalue weighted by atomic mass is 9.78. The van der Waals surface area contributed by atoms with E-state index in [1.165, 1.54) is 6.42 Å². The second-order valence-corrected chi connectivity index (χ2v) is 7.05. The Hall–Kier alpha value is -1.84. The average Bonchev–Trinajstić information content (AvgIpc) is 2.58. The monoisotopic (exact) mass is 348 g/mol. The van der Waals surface area contributed by atoms with E-state index >= 15 is 0 Å². The predicted molar refractivity (Wildman–Crippen MR) is 99.1 cm³/mol. The van der Waals surface area contributed by atoms with Crippen LogP contribution in [0.4, 0.5) is 0 Å². The molecule has 0 bridgehead atoms. The van der Waals surface area contributed by atoms with Gasteiger partial charge < -0.3 is 9.84 Å². The second-order valence-electron chi connectivity index (χ2n) is 7.05. The first kappa shape index (κ1) is 21.2. The van der Waals surface area contributed by atoms with E-state index in [2.05, 4.69) is 20.8 Å². The van der Waals surface area contributed by atoms with Gasteiger partial charge in [-0.2, -0.15) is 0 Å². The van der Waals surface area contributed by atoms with Gasteiger partial charge in [-0.05, 0) is 23.8 Å². The van der Waals surface area contributed by atoms with Crippen LogP contribution in [0.2, 0.25) is 0 Å². The molecule has 0 aliphatic carbocycles. The lowest BCUT2D eigenvalue weighted by Gasteiger charge is -2.28. The van der Waals surface area contributed by atoms with Gasteiger partial charge in [-0.1, -0.05) is 76.8 Å². The van der Waals surface area contributed by atoms with E-state index in [9.17, 15) is 14.7 Å². The van der Waals surface area contributed by atoms with E-state index in [4.69, 9.17) is 4.74 Å². The van der Waals surface area contributed by atoms with Crippen molar-refractivity contribution in [2.75, 3.05) is 0 Å². The lowest BCUT2D eigenvalue weighted by molar-refractivity contribution is -0.157. The zero-order chi connectivity index (χ0) is 18.7. The van der Waals surface area contributed by atoms with Gasteiger partial charge in [0, 0.05) is 0 Å². The fourth-order valence-electron chi connectivity index (χ4n) is 3.24. The van der Waals surface area contributed by atoms with Crippen LogP contribution in [0.3, 0.4) is 0 Å². The smallest absolute Gasteiger partial charge is 0.310 e. The van der Waals surface area contributed by atoms with E-state index in [0.29, 0.717) is 0 Å². The van der Waals surface area contributed by atoms with E-state index in [1.807, 2.05) is 30.3 Å². The van der Waals surface area contributed by atoms with Crippen LogP contribution in [-0.2, 0) is 20.9 Å². The minimum atomic E-state index is -0.944. The van der Waals surface area contributed by atoms with E-state index < -0.39 is 11.9 Å². The summed E-state index contributed by atoms with van der Waals surface area (Å²) < 4.78 is 5.45. The largest absolute Gasteiger partial charge is 0.481 e. The van der Waals surface area contributed by atoms with Gasteiger partial charge in [0.25, 0.3) is 0 Å². The Morgan fingerprint density at radius 2 is 1.76 bits per heavy atom. The maximum atomic E-state index is 12.6. The highest BCUT2D eigenvalue weighted by atomic mass is 16.5. The molecule has 25 heavy (non-hydrogen) atoms. The number of carboxylic acids is 1. The molecule has 4 nitrogen and oxygen atoms in total. The normalized spacial score (nSPS) is 13.4. The third kappa shape index (κ3) is 8.19. The number of ether oxygens (including phenoxy) is 1. The summed E-state index contributed by atoms with van der Waals surface area (Å²) in [6.07, 6.45) is 5.19. The number of hydrogen-bond acceptors (Lipinski definition) is 3. The number of unbranched alkanes of at least 4 members (excludes halogenated alkanes) is 3. The molecule has 0 saturated heterocycles. The molecule has 0 aromatic heterocycles. The van der Waals surface area contributed by atoms with Crippen molar-refractivity contribution in [1.82, 2.24) is 0 Å². The van der Waals surface area contributed by atoms with Crippen LogP contribution in [0.1, 0.15) is 64.9 Å². The molecule has 1 rings (SSSR count). The second kappa shape index (κ2) is 11.7. The number of rotatable bonds is 12. The van der Waals surface area contributed by atoms with Gasteiger partial charge in [-0.3, -0.25) is 9.59 Å². The van der Waals surface area contributed by atoms with Crippen molar-refractivity contribution in [3.8, 4) is 0 Å². The molecule has 0 saturated carbocycles. The molecular weight excluding hydrogens is 316 g/mol. The van der Waals surface area contributed by atoms with Crippen LogP contribution in [0.15, 0.2) is 30.3 Å². The maximum Gasteiger partial charge on any atom is 0.310 e. The molecule has 1 N–H and O–H groups in total. The van der Waals surface area contributed by atoms with E-state index in [1.54, 1.807) is 0 Å². The maximum absolute atomic E-state index is 12.6. The first-order valence-electron chi connectivity index (χ1n) is 9.38. The number of esters is 1. The fraction of sp³-hybridized carbons (Fsp3) is 0.619. The van der Waals surface area contributed by atoms with Gasteiger partial charge in [-0.15, -0.1) is 0 Å². The molecule has 2 unspecified atom stereocenters. The Labute approximate surface area is 151 Å². The van der Waals surface area contributed by atoms with Gasteiger partial charge in [0.15, 0.2) is 0 Å². The van der Waals surface area contributed by atoms with Crippen molar-refractivity contribution in [2.45, 2.75) is 65.9 Å². The topological polar surface area (TPSA) is 63.6 Å². The van der Waals surface area contributed by atoms with Gasteiger partial charge in [0.05, 0.1) is 12.3 Å². The molecule has 0 heterocycles. The molecule has 140 valence electrons. The van der Waals surface area contributed by atoms with Crippen molar-refractivity contribution in [3.05, 3.63) is 35.9 Å². The highest BCUT2D eigenvalue weighted by Gasteiger charge is 2.33. The van der Waals surface area contributed by atoms with Crippen molar-refractivity contribution in [1.29, 1.82) is 0 Å². The predicted octanol–water partition coefficient (Wildman–Crippen LogP) is 5.06. The molecular formula is C21H32O4. The van der Waals surface area contributed by atoms with Gasteiger partial charge in [-0.25, -0.2) is 0 Å². The van der Waals surface area contributed by atoms with Crippen molar-refractivity contribution < 1.29 is 19.4 Å². The number of hydrogen-bond donors (Lipinski definition) is 1. The molecule has 0 aliphatic heterocycles. The number of carbonyl (C=O) groups excluding carboxylic acids is 1. The third-order valence-corrected chi connectivity index (χ3v) is 4.69. The van der Waals surface area contributed by atoms with E-state index in [0.717, 1.165) is 31.2 Å². The zero-order valence-corrected chi connectivity index (χ0v) is 15.7. The summed E-state index contributed by atoms with van der Waals surface area (Å²) in [6.45, 7) is 6.47. The quantitative estimate of drug-likeness (QED) is 0.423. The van der Waals surface area contributed by atoms with Crippen molar-refractivity contribution in [3.63, 3.8) is 0 Å². The highest BCUT2D eigenvalue weighted by Crippen LogP contribution is 2.31. The number of aliphatic carboxylic acids is 1. The summed E-state index contributed by atoms with van der Waals surface area (Å²) in [5, 5.41) is 9.25. The zero-order valence-electron chi connectivity index (χ0n) is 15.7. The first-order valence-corrected chi connectivity index (χ1v) is 9.38. The van der Waals surface area contributed by atoms with Crippen LogP contribution < -0.4 is 0 Å². The van der Waals surface area contributed by atoms with Crippen LogP contribution in [0.25, 0.3) is 0 Å². The fourth-order valence-corrected chi connectivity index (χ4v) is 3.24. The average molecular weight is 348 g/mol. The molecule has 0 amide bonds. The summed E-state index contributed by atoms with van der Waals surface area (Å²) in [5.74, 6) is -1.63. The van der Waals surface area contributed by atoms with Gasteiger partial charge >= 0.3 is 11.9 Å². The summed E-state index contributed by atoms with van der Waals surface area (Å²) in [6, 6.07) is 9.48. The van der Waals surface area contributed by atoms with Crippen LogP contribution in [-0.4, -0.2) is 17.0 Å². The number of benzene rings is 1. The highest BCUT2D eigenvalue weighted by molar-refractivity contribution is 5.79. The molecule has 0 aliphatic rings. The Kier molecular flexibility index (Phi) is 9.90. The summed E-state index contributed by atoms with van der Waals surface area (Å²) in [5.41, 5.74) is 0.911. The van der Waals surface area contributed by atoms with Crippen LogP contribution in [0.5, 0.6) is 0 Å². The molecule has 2 atom stereocenters. The third-order valence-electron chi connectivity index (χ3n) is 4.69. The Morgan fingerprint density at radius 1 is 1.08 bits per heavy atom. The Balaban J connectivity index is 2.73.